The van der Waals surface area contributed by atoms with Gasteiger partial charge in [-0.3, -0.25) is 0 Å². The van der Waals surface area contributed by atoms with Gasteiger partial charge in [-0.25, -0.2) is 9.50 Å². The Hall–Kier alpha value is -2.07. The number of fused-ring (bicyclic) bond motifs is 1. The van der Waals surface area contributed by atoms with Crippen molar-refractivity contribution in [3.63, 3.8) is 0 Å². The van der Waals surface area contributed by atoms with E-state index in [1.54, 1.807) is 17.8 Å². The highest BCUT2D eigenvalue weighted by molar-refractivity contribution is 6.31. The molecule has 0 spiro atoms. The van der Waals surface area contributed by atoms with E-state index in [9.17, 15) is 0 Å². The van der Waals surface area contributed by atoms with Crippen molar-refractivity contribution in [2.24, 2.45) is 0 Å². The fraction of sp³-hybridized carbons (Fsp3) is 0.143. The van der Waals surface area contributed by atoms with E-state index in [4.69, 9.17) is 16.3 Å². The van der Waals surface area contributed by atoms with Gasteiger partial charge in [-0.2, -0.15) is 5.10 Å². The number of pyridine rings is 1. The van der Waals surface area contributed by atoms with Crippen molar-refractivity contribution < 1.29 is 4.74 Å². The van der Waals surface area contributed by atoms with E-state index >= 15 is 0 Å². The van der Waals surface area contributed by atoms with Crippen molar-refractivity contribution in [3.05, 3.63) is 59.0 Å². The number of benzene rings is 1. The molecule has 2 aromatic heterocycles. The SMILES string of the molecule is COc1ccc2nc(Cc3ccccc3Cl)nn2c1. The first-order valence-corrected chi connectivity index (χ1v) is 6.27. The van der Waals surface area contributed by atoms with Crippen molar-refractivity contribution in [1.29, 1.82) is 0 Å². The Kier molecular flexibility index (Phi) is 3.09. The average Bonchev–Trinajstić information content (AvgIpc) is 2.82. The third-order valence-electron chi connectivity index (χ3n) is 2.89. The summed E-state index contributed by atoms with van der Waals surface area (Å²) in [6.07, 6.45) is 2.42. The molecule has 0 atom stereocenters. The first-order valence-electron chi connectivity index (χ1n) is 5.89. The van der Waals surface area contributed by atoms with Crippen molar-refractivity contribution in [3.8, 4) is 5.75 Å². The second-order valence-corrected chi connectivity index (χ2v) is 4.58. The summed E-state index contributed by atoms with van der Waals surface area (Å²) in [6, 6.07) is 11.5. The fourth-order valence-electron chi connectivity index (χ4n) is 1.92. The molecule has 0 aliphatic carbocycles. The summed E-state index contributed by atoms with van der Waals surface area (Å²) in [4.78, 5) is 4.46. The highest BCUT2D eigenvalue weighted by atomic mass is 35.5. The molecule has 0 fully saturated rings. The van der Waals surface area contributed by atoms with Crippen molar-refractivity contribution in [1.82, 2.24) is 14.6 Å². The Balaban J connectivity index is 1.95. The summed E-state index contributed by atoms with van der Waals surface area (Å²) >= 11 is 6.14. The number of hydrogen-bond acceptors (Lipinski definition) is 3. The van der Waals surface area contributed by atoms with Gasteiger partial charge in [0.15, 0.2) is 11.5 Å². The van der Waals surface area contributed by atoms with E-state index in [0.717, 1.165) is 27.8 Å². The van der Waals surface area contributed by atoms with Crippen LogP contribution in [-0.2, 0) is 6.42 Å². The molecule has 5 heteroatoms. The molecule has 0 radical (unpaired) electrons. The second kappa shape index (κ2) is 4.90. The standard InChI is InChI=1S/C14H12ClN3O/c1-19-11-6-7-14-16-13(17-18(14)9-11)8-10-4-2-3-5-12(10)15/h2-7,9H,8H2,1H3. The minimum absolute atomic E-state index is 0.615. The van der Waals surface area contributed by atoms with Gasteiger partial charge < -0.3 is 4.74 Å². The molecular weight excluding hydrogens is 262 g/mol. The van der Waals surface area contributed by atoms with Crippen LogP contribution >= 0.6 is 11.6 Å². The van der Waals surface area contributed by atoms with Crippen LogP contribution in [-0.4, -0.2) is 21.7 Å². The topological polar surface area (TPSA) is 39.4 Å². The van der Waals surface area contributed by atoms with Crippen LogP contribution in [0, 0.1) is 0 Å². The van der Waals surface area contributed by atoms with E-state index in [1.165, 1.54) is 0 Å². The highest BCUT2D eigenvalue weighted by Gasteiger charge is 2.07. The first-order chi connectivity index (χ1) is 9.26. The van der Waals surface area contributed by atoms with Crippen LogP contribution in [0.15, 0.2) is 42.6 Å². The number of nitrogens with zero attached hydrogens (tertiary/aromatic N) is 3. The monoisotopic (exact) mass is 273 g/mol. The molecule has 19 heavy (non-hydrogen) atoms. The van der Waals surface area contributed by atoms with E-state index in [1.807, 2.05) is 36.4 Å². The fourth-order valence-corrected chi connectivity index (χ4v) is 2.12. The lowest BCUT2D eigenvalue weighted by molar-refractivity contribution is 0.411. The van der Waals surface area contributed by atoms with Gasteiger partial charge >= 0.3 is 0 Å². The minimum Gasteiger partial charge on any atom is -0.495 e. The summed E-state index contributed by atoms with van der Waals surface area (Å²) < 4.78 is 6.87. The van der Waals surface area contributed by atoms with Gasteiger partial charge in [0, 0.05) is 11.4 Å². The molecule has 96 valence electrons. The zero-order valence-corrected chi connectivity index (χ0v) is 11.1. The second-order valence-electron chi connectivity index (χ2n) is 4.17. The van der Waals surface area contributed by atoms with Gasteiger partial charge in [0.05, 0.1) is 13.3 Å². The Morgan fingerprint density at radius 1 is 1.21 bits per heavy atom. The summed E-state index contributed by atoms with van der Waals surface area (Å²) in [5.74, 6) is 1.49. The van der Waals surface area contributed by atoms with Crippen LogP contribution in [0.4, 0.5) is 0 Å². The number of hydrogen-bond donors (Lipinski definition) is 0. The number of ether oxygens (including phenoxy) is 1. The lowest BCUT2D eigenvalue weighted by Crippen LogP contribution is -1.93. The Morgan fingerprint density at radius 3 is 2.84 bits per heavy atom. The average molecular weight is 274 g/mol. The summed E-state index contributed by atoms with van der Waals surface area (Å²) in [7, 11) is 1.63. The zero-order chi connectivity index (χ0) is 13.2. The predicted molar refractivity (Wildman–Crippen MR) is 73.8 cm³/mol. The van der Waals surface area contributed by atoms with Crippen LogP contribution in [0.5, 0.6) is 5.75 Å². The molecular formula is C14H12ClN3O. The van der Waals surface area contributed by atoms with Gasteiger partial charge in [0.2, 0.25) is 0 Å². The van der Waals surface area contributed by atoms with E-state index in [0.29, 0.717) is 6.42 Å². The lowest BCUT2D eigenvalue weighted by Gasteiger charge is -1.99. The molecule has 0 saturated carbocycles. The highest BCUT2D eigenvalue weighted by Crippen LogP contribution is 2.18. The van der Waals surface area contributed by atoms with E-state index in [2.05, 4.69) is 10.1 Å². The molecule has 3 aromatic rings. The minimum atomic E-state index is 0.615. The number of methoxy groups -OCH3 is 1. The molecule has 0 unspecified atom stereocenters. The summed E-state index contributed by atoms with van der Waals surface area (Å²) in [6.45, 7) is 0. The van der Waals surface area contributed by atoms with Crippen molar-refractivity contribution in [2.75, 3.05) is 7.11 Å². The number of aromatic nitrogens is 3. The van der Waals surface area contributed by atoms with Gasteiger partial charge in [-0.15, -0.1) is 0 Å². The largest absolute Gasteiger partial charge is 0.495 e. The molecule has 2 heterocycles. The van der Waals surface area contributed by atoms with Crippen LogP contribution in [0.1, 0.15) is 11.4 Å². The molecule has 4 nitrogen and oxygen atoms in total. The van der Waals surface area contributed by atoms with Gasteiger partial charge in [-0.05, 0) is 23.8 Å². The smallest absolute Gasteiger partial charge is 0.156 e. The van der Waals surface area contributed by atoms with E-state index < -0.39 is 0 Å². The predicted octanol–water partition coefficient (Wildman–Crippen LogP) is 2.98. The van der Waals surface area contributed by atoms with Gasteiger partial charge in [0.1, 0.15) is 5.75 Å². The molecule has 0 bridgehead atoms. The molecule has 0 aliphatic heterocycles. The lowest BCUT2D eigenvalue weighted by atomic mass is 10.1. The van der Waals surface area contributed by atoms with Crippen molar-refractivity contribution in [2.45, 2.75) is 6.42 Å². The summed E-state index contributed by atoms with van der Waals surface area (Å²) in [5.41, 5.74) is 1.81. The first kappa shape index (κ1) is 12.0. The van der Waals surface area contributed by atoms with Gasteiger partial charge in [0.25, 0.3) is 0 Å². The molecule has 0 saturated heterocycles. The Morgan fingerprint density at radius 2 is 2.05 bits per heavy atom. The molecule has 1 aromatic carbocycles. The summed E-state index contributed by atoms with van der Waals surface area (Å²) in [5, 5.41) is 5.16. The maximum absolute atomic E-state index is 6.14. The molecule has 0 aliphatic rings. The van der Waals surface area contributed by atoms with E-state index in [-0.39, 0.29) is 0 Å². The zero-order valence-electron chi connectivity index (χ0n) is 10.4. The Labute approximate surface area is 115 Å². The van der Waals surface area contributed by atoms with Crippen LogP contribution in [0.2, 0.25) is 5.02 Å². The maximum atomic E-state index is 6.14. The maximum Gasteiger partial charge on any atom is 0.156 e. The Bertz CT molecular complexity index is 724. The van der Waals surface area contributed by atoms with Crippen molar-refractivity contribution >= 4 is 17.2 Å². The molecule has 0 amide bonds. The quantitative estimate of drug-likeness (QED) is 0.736. The number of rotatable bonds is 3. The van der Waals surface area contributed by atoms with Gasteiger partial charge in [-0.1, -0.05) is 29.8 Å². The van der Waals surface area contributed by atoms with Crippen LogP contribution < -0.4 is 4.74 Å². The van der Waals surface area contributed by atoms with Crippen LogP contribution in [0.3, 0.4) is 0 Å². The normalized spacial score (nSPS) is 10.8. The third-order valence-corrected chi connectivity index (χ3v) is 3.26. The molecule has 0 N–H and O–H groups in total. The number of halogens is 1. The third kappa shape index (κ3) is 2.39. The van der Waals surface area contributed by atoms with Crippen LogP contribution in [0.25, 0.3) is 5.65 Å². The molecule has 3 rings (SSSR count).